The number of hydrogen-bond donors (Lipinski definition) is 3. The number of pyridine rings is 1. The third kappa shape index (κ3) is 5.81. The summed E-state index contributed by atoms with van der Waals surface area (Å²) < 4.78 is 0. The molecule has 0 saturated heterocycles. The maximum absolute atomic E-state index is 12.1. The number of hydrogen-bond acceptors (Lipinski definition) is 4. The van der Waals surface area contributed by atoms with Gasteiger partial charge in [0.2, 0.25) is 5.91 Å². The molecular weight excluding hydrogens is 268 g/mol. The van der Waals surface area contributed by atoms with E-state index in [2.05, 4.69) is 20.9 Å². The van der Waals surface area contributed by atoms with Crippen LogP contribution >= 0.6 is 0 Å². The van der Waals surface area contributed by atoms with Crippen LogP contribution in [0.4, 0.5) is 5.82 Å². The predicted octanol–water partition coefficient (Wildman–Crippen LogP) is 1.33. The molecule has 1 heterocycles. The molecule has 116 valence electrons. The van der Waals surface area contributed by atoms with Gasteiger partial charge in [-0.25, -0.2) is 4.98 Å². The Morgan fingerprint density at radius 1 is 1.10 bits per heavy atom. The summed E-state index contributed by atoms with van der Waals surface area (Å²) in [6.45, 7) is 7.51. The Hall–Kier alpha value is -2.11. The molecule has 0 saturated carbocycles. The number of rotatable bonds is 8. The lowest BCUT2D eigenvalue weighted by molar-refractivity contribution is -0.120. The summed E-state index contributed by atoms with van der Waals surface area (Å²) in [7, 11) is 0. The van der Waals surface area contributed by atoms with Gasteiger partial charge in [-0.05, 0) is 32.4 Å². The molecule has 21 heavy (non-hydrogen) atoms. The summed E-state index contributed by atoms with van der Waals surface area (Å²) in [6.07, 6.45) is 1.05. The largest absolute Gasteiger partial charge is 0.370 e. The number of aryl methyl sites for hydroxylation is 1. The Morgan fingerprint density at radius 3 is 2.48 bits per heavy atom. The third-order valence-electron chi connectivity index (χ3n) is 2.87. The molecule has 0 aliphatic heterocycles. The fourth-order valence-electron chi connectivity index (χ4n) is 1.85. The summed E-state index contributed by atoms with van der Waals surface area (Å²) in [4.78, 5) is 27.8. The first-order chi connectivity index (χ1) is 10.1. The van der Waals surface area contributed by atoms with Crippen molar-refractivity contribution in [3.05, 3.63) is 23.4 Å². The molecular formula is C15H24N4O2. The first-order valence-corrected chi connectivity index (χ1v) is 7.40. The Bertz CT molecular complexity index is 489. The second-order valence-electron chi connectivity index (χ2n) is 4.58. The number of nitrogens with zero attached hydrogens (tertiary/aromatic N) is 1. The van der Waals surface area contributed by atoms with E-state index in [4.69, 9.17) is 0 Å². The molecule has 0 radical (unpaired) electrons. The van der Waals surface area contributed by atoms with Gasteiger partial charge in [0, 0.05) is 37.3 Å². The van der Waals surface area contributed by atoms with Crippen molar-refractivity contribution in [2.75, 3.05) is 25.0 Å². The van der Waals surface area contributed by atoms with Crippen molar-refractivity contribution in [3.63, 3.8) is 0 Å². The third-order valence-corrected chi connectivity index (χ3v) is 2.87. The summed E-state index contributed by atoms with van der Waals surface area (Å²) in [5.41, 5.74) is 1.43. The van der Waals surface area contributed by atoms with Gasteiger partial charge in [0.05, 0.1) is 0 Å². The smallest absolute Gasteiger partial charge is 0.251 e. The fourth-order valence-corrected chi connectivity index (χ4v) is 1.85. The highest BCUT2D eigenvalue weighted by atomic mass is 16.2. The molecule has 0 aliphatic carbocycles. The maximum atomic E-state index is 12.1. The minimum atomic E-state index is -0.185. The van der Waals surface area contributed by atoms with Gasteiger partial charge in [0.1, 0.15) is 5.82 Å². The number of carbonyl (C=O) groups excluding carboxylic acids is 2. The van der Waals surface area contributed by atoms with Gasteiger partial charge in [-0.15, -0.1) is 0 Å². The summed E-state index contributed by atoms with van der Waals surface area (Å²) in [5, 5.41) is 8.56. The Morgan fingerprint density at radius 2 is 1.86 bits per heavy atom. The van der Waals surface area contributed by atoms with Crippen molar-refractivity contribution < 1.29 is 9.59 Å². The standard InChI is InChI=1S/C15H24N4O2/c1-4-12-9-11(10-13(19-12)16-5-2)15(21)18-8-7-14(20)17-6-3/h9-10H,4-8H2,1-3H3,(H,16,19)(H,17,20)(H,18,21). The lowest BCUT2D eigenvalue weighted by atomic mass is 10.1. The highest BCUT2D eigenvalue weighted by molar-refractivity contribution is 5.95. The highest BCUT2D eigenvalue weighted by Crippen LogP contribution is 2.11. The van der Waals surface area contributed by atoms with Crippen LogP contribution in [0.5, 0.6) is 0 Å². The maximum Gasteiger partial charge on any atom is 0.251 e. The molecule has 6 heteroatoms. The first-order valence-electron chi connectivity index (χ1n) is 7.40. The van der Waals surface area contributed by atoms with Crippen LogP contribution in [0.3, 0.4) is 0 Å². The molecule has 2 amide bonds. The van der Waals surface area contributed by atoms with E-state index in [0.717, 1.165) is 18.7 Å². The lowest BCUT2D eigenvalue weighted by Crippen LogP contribution is -2.30. The average Bonchev–Trinajstić information content (AvgIpc) is 2.47. The van der Waals surface area contributed by atoms with Crippen molar-refractivity contribution in [1.29, 1.82) is 0 Å². The average molecular weight is 292 g/mol. The van der Waals surface area contributed by atoms with E-state index in [1.54, 1.807) is 12.1 Å². The number of carbonyl (C=O) groups is 2. The van der Waals surface area contributed by atoms with Crippen molar-refractivity contribution in [2.24, 2.45) is 0 Å². The molecule has 1 aromatic heterocycles. The predicted molar refractivity (Wildman–Crippen MR) is 83.4 cm³/mol. The van der Waals surface area contributed by atoms with Crippen LogP contribution in [0.1, 0.15) is 43.2 Å². The van der Waals surface area contributed by atoms with Gasteiger partial charge in [0.25, 0.3) is 5.91 Å². The monoisotopic (exact) mass is 292 g/mol. The van der Waals surface area contributed by atoms with Crippen molar-refractivity contribution in [2.45, 2.75) is 33.6 Å². The minimum absolute atomic E-state index is 0.0601. The topological polar surface area (TPSA) is 83.1 Å². The van der Waals surface area contributed by atoms with E-state index in [1.165, 1.54) is 0 Å². The number of nitrogens with one attached hydrogen (secondary N) is 3. The molecule has 1 aromatic rings. The van der Waals surface area contributed by atoms with Crippen LogP contribution < -0.4 is 16.0 Å². The van der Waals surface area contributed by atoms with E-state index in [0.29, 0.717) is 24.5 Å². The van der Waals surface area contributed by atoms with E-state index >= 15 is 0 Å². The van der Waals surface area contributed by atoms with Crippen LogP contribution in [0.15, 0.2) is 12.1 Å². The molecule has 0 aromatic carbocycles. The van der Waals surface area contributed by atoms with E-state index in [1.807, 2.05) is 20.8 Å². The number of amides is 2. The van der Waals surface area contributed by atoms with Crippen LogP contribution in [-0.2, 0) is 11.2 Å². The first kappa shape index (κ1) is 16.9. The van der Waals surface area contributed by atoms with Crippen LogP contribution in [-0.4, -0.2) is 36.4 Å². The zero-order valence-corrected chi connectivity index (χ0v) is 13.0. The molecule has 0 bridgehead atoms. The van der Waals surface area contributed by atoms with Gasteiger partial charge in [-0.2, -0.15) is 0 Å². The normalized spacial score (nSPS) is 10.0. The second-order valence-corrected chi connectivity index (χ2v) is 4.58. The van der Waals surface area contributed by atoms with Crippen LogP contribution in [0.2, 0.25) is 0 Å². The van der Waals surface area contributed by atoms with Gasteiger partial charge >= 0.3 is 0 Å². The van der Waals surface area contributed by atoms with Crippen molar-refractivity contribution >= 4 is 17.6 Å². The summed E-state index contributed by atoms with van der Waals surface area (Å²) in [5.74, 6) is 0.455. The number of anilines is 1. The molecule has 0 spiro atoms. The molecule has 3 N–H and O–H groups in total. The number of aromatic nitrogens is 1. The molecule has 0 unspecified atom stereocenters. The van der Waals surface area contributed by atoms with E-state index < -0.39 is 0 Å². The molecule has 0 atom stereocenters. The Balaban J connectivity index is 2.64. The summed E-state index contributed by atoms with van der Waals surface area (Å²) >= 11 is 0. The van der Waals surface area contributed by atoms with E-state index in [-0.39, 0.29) is 18.2 Å². The van der Waals surface area contributed by atoms with Crippen LogP contribution in [0.25, 0.3) is 0 Å². The molecule has 0 aliphatic rings. The quantitative estimate of drug-likeness (QED) is 0.675. The summed E-state index contributed by atoms with van der Waals surface area (Å²) in [6, 6.07) is 3.51. The Labute approximate surface area is 125 Å². The molecule has 1 rings (SSSR count). The van der Waals surface area contributed by atoms with E-state index in [9.17, 15) is 9.59 Å². The zero-order chi connectivity index (χ0) is 15.7. The second kappa shape index (κ2) is 8.94. The lowest BCUT2D eigenvalue weighted by Gasteiger charge is -2.09. The Kier molecular flexibility index (Phi) is 7.21. The van der Waals surface area contributed by atoms with Crippen molar-refractivity contribution in [3.8, 4) is 0 Å². The fraction of sp³-hybridized carbons (Fsp3) is 0.533. The zero-order valence-electron chi connectivity index (χ0n) is 13.0. The van der Waals surface area contributed by atoms with Crippen LogP contribution in [0, 0.1) is 0 Å². The van der Waals surface area contributed by atoms with Gasteiger partial charge in [-0.1, -0.05) is 6.92 Å². The highest BCUT2D eigenvalue weighted by Gasteiger charge is 2.09. The van der Waals surface area contributed by atoms with Gasteiger partial charge < -0.3 is 16.0 Å². The minimum Gasteiger partial charge on any atom is -0.370 e. The SMILES string of the molecule is CCNC(=O)CCNC(=O)c1cc(CC)nc(NCC)c1. The van der Waals surface area contributed by atoms with Crippen molar-refractivity contribution in [1.82, 2.24) is 15.6 Å². The van der Waals surface area contributed by atoms with Gasteiger partial charge in [-0.3, -0.25) is 9.59 Å². The molecule has 0 fully saturated rings. The van der Waals surface area contributed by atoms with Gasteiger partial charge in [0.15, 0.2) is 0 Å². The molecule has 6 nitrogen and oxygen atoms in total.